The Kier molecular flexibility index (Phi) is 6.79. The maximum absolute atomic E-state index is 13.3. The van der Waals surface area contributed by atoms with Gasteiger partial charge in [-0.2, -0.15) is 5.11 Å². The number of nitrogens with one attached hydrogen (secondary N) is 2. The molecule has 0 unspecified atom stereocenters. The van der Waals surface area contributed by atoms with Crippen LogP contribution in [0.15, 0.2) is 75.7 Å². The third-order valence-electron chi connectivity index (χ3n) is 4.34. The summed E-state index contributed by atoms with van der Waals surface area (Å²) in [6.45, 7) is 0. The molecule has 6 nitrogen and oxygen atoms in total. The van der Waals surface area contributed by atoms with E-state index in [2.05, 4.69) is 20.6 Å². The molecule has 0 saturated heterocycles. The summed E-state index contributed by atoms with van der Waals surface area (Å²) in [6, 6.07) is 18.2. The van der Waals surface area contributed by atoms with Crippen LogP contribution in [0.3, 0.4) is 0 Å². The van der Waals surface area contributed by atoms with Crippen molar-refractivity contribution in [3.63, 3.8) is 0 Å². The van der Waals surface area contributed by atoms with Crippen LogP contribution in [0.2, 0.25) is 25.1 Å². The van der Waals surface area contributed by atoms with Gasteiger partial charge in [0.15, 0.2) is 11.5 Å². The van der Waals surface area contributed by atoms with Crippen molar-refractivity contribution in [2.45, 2.75) is 0 Å². The fourth-order valence-corrected chi connectivity index (χ4v) is 4.12. The monoisotopic (exact) mass is 525 g/mol. The summed E-state index contributed by atoms with van der Waals surface area (Å²) in [5.74, 6) is 0.259. The van der Waals surface area contributed by atoms with Gasteiger partial charge in [0, 0.05) is 5.69 Å². The van der Waals surface area contributed by atoms with E-state index in [4.69, 9.17) is 58.0 Å². The second-order valence-corrected chi connectivity index (χ2v) is 8.31. The van der Waals surface area contributed by atoms with E-state index in [1.165, 1.54) is 0 Å². The molecule has 0 spiro atoms. The number of aromatic amines is 1. The zero-order valence-corrected chi connectivity index (χ0v) is 19.7. The molecule has 162 valence electrons. The number of rotatable bonds is 5. The Bertz CT molecular complexity index is 1340. The van der Waals surface area contributed by atoms with Crippen molar-refractivity contribution in [1.82, 2.24) is 9.78 Å². The lowest BCUT2D eigenvalue weighted by atomic mass is 10.3. The number of azo groups is 1. The predicted octanol–water partition coefficient (Wildman–Crippen LogP) is 8.59. The van der Waals surface area contributed by atoms with Gasteiger partial charge in [-0.05, 0) is 24.3 Å². The summed E-state index contributed by atoms with van der Waals surface area (Å²) < 4.78 is 1.09. The van der Waals surface area contributed by atoms with Crippen molar-refractivity contribution < 1.29 is 0 Å². The summed E-state index contributed by atoms with van der Waals surface area (Å²) >= 11 is 31.2. The number of H-pyrrole nitrogens is 1. The third-order valence-corrected chi connectivity index (χ3v) is 6.60. The van der Waals surface area contributed by atoms with E-state index in [9.17, 15) is 4.79 Å². The lowest BCUT2D eigenvalue weighted by Gasteiger charge is -2.12. The molecule has 0 radical (unpaired) electrons. The van der Waals surface area contributed by atoms with E-state index >= 15 is 0 Å². The van der Waals surface area contributed by atoms with Gasteiger partial charge in [-0.3, -0.25) is 9.89 Å². The number of benzene rings is 3. The van der Waals surface area contributed by atoms with Crippen LogP contribution in [0.5, 0.6) is 0 Å². The fourth-order valence-electron chi connectivity index (χ4n) is 2.82. The molecule has 1 heterocycles. The van der Waals surface area contributed by atoms with E-state index in [1.54, 1.807) is 12.1 Å². The van der Waals surface area contributed by atoms with Gasteiger partial charge in [-0.25, -0.2) is 4.68 Å². The van der Waals surface area contributed by atoms with E-state index < -0.39 is 5.56 Å². The predicted molar refractivity (Wildman–Crippen MR) is 132 cm³/mol. The van der Waals surface area contributed by atoms with Gasteiger partial charge in [0.2, 0.25) is 0 Å². The number of anilines is 2. The normalized spacial score (nSPS) is 11.3. The second kappa shape index (κ2) is 9.57. The van der Waals surface area contributed by atoms with Gasteiger partial charge in [0.05, 0.1) is 30.8 Å². The highest BCUT2D eigenvalue weighted by Crippen LogP contribution is 2.45. The van der Waals surface area contributed by atoms with Crippen LogP contribution in [0.25, 0.3) is 5.69 Å². The summed E-state index contributed by atoms with van der Waals surface area (Å²) in [5.41, 5.74) is 0.726. The first-order valence-corrected chi connectivity index (χ1v) is 10.9. The highest BCUT2D eigenvalue weighted by Gasteiger charge is 2.25. The largest absolute Gasteiger partial charge is 0.339 e. The molecule has 3 aromatic carbocycles. The zero-order chi connectivity index (χ0) is 22.8. The van der Waals surface area contributed by atoms with Crippen molar-refractivity contribution >= 4 is 80.9 Å². The van der Waals surface area contributed by atoms with Gasteiger partial charge in [0.25, 0.3) is 0 Å². The quantitative estimate of drug-likeness (QED) is 0.155. The van der Waals surface area contributed by atoms with Crippen molar-refractivity contribution in [3.8, 4) is 5.69 Å². The molecular weight excluding hydrogens is 516 g/mol. The Morgan fingerprint density at radius 1 is 0.719 bits per heavy atom. The number of nitrogens with zero attached hydrogens (tertiary/aromatic N) is 3. The molecule has 4 aromatic rings. The van der Waals surface area contributed by atoms with E-state index in [1.807, 2.05) is 48.5 Å². The standard InChI is InChI=1S/C21H12Cl5N5O/c22-13-14(23)16(25)19(17(26)15(13)24)31-21(32)18(29-28-12-9-5-2-6-10-12)20(30-31)27-11-7-3-1-4-8-11/h1-10,27,30H/b29-28+. The SMILES string of the molecule is O=c1c(/N=N/c2ccccc2)c(Nc2ccccc2)[nH]n1-c1c(Cl)c(Cl)c(Cl)c(Cl)c1Cl. The number of para-hydroxylation sites is 1. The van der Waals surface area contributed by atoms with Gasteiger partial charge in [-0.1, -0.05) is 94.4 Å². The molecule has 0 aliphatic rings. The van der Waals surface area contributed by atoms with Crippen molar-refractivity contribution in [2.24, 2.45) is 10.2 Å². The number of halogens is 5. The second-order valence-electron chi connectivity index (χ2n) is 6.42. The zero-order valence-electron chi connectivity index (χ0n) is 15.9. The summed E-state index contributed by atoms with van der Waals surface area (Å²) in [5, 5.41) is 14.2. The molecule has 4 rings (SSSR count). The van der Waals surface area contributed by atoms with Gasteiger partial charge in [0.1, 0.15) is 5.69 Å². The Balaban J connectivity index is 1.91. The first kappa shape index (κ1) is 22.7. The van der Waals surface area contributed by atoms with Crippen LogP contribution in [0.1, 0.15) is 0 Å². The average molecular weight is 528 g/mol. The van der Waals surface area contributed by atoms with Crippen LogP contribution in [-0.4, -0.2) is 9.78 Å². The lowest BCUT2D eigenvalue weighted by molar-refractivity contribution is 0.853. The van der Waals surface area contributed by atoms with Gasteiger partial charge >= 0.3 is 5.56 Å². The third kappa shape index (κ3) is 4.37. The number of aromatic nitrogens is 2. The molecule has 0 bridgehead atoms. The maximum Gasteiger partial charge on any atom is 0.301 e. The maximum atomic E-state index is 13.3. The molecular formula is C21H12Cl5N5O. The highest BCUT2D eigenvalue weighted by molar-refractivity contribution is 6.56. The minimum absolute atomic E-state index is 0.00738. The molecule has 0 amide bonds. The van der Waals surface area contributed by atoms with Crippen LogP contribution in [-0.2, 0) is 0 Å². The topological polar surface area (TPSA) is 74.5 Å². The molecule has 0 aliphatic carbocycles. The molecule has 11 heteroatoms. The van der Waals surface area contributed by atoms with Gasteiger partial charge in [-0.15, -0.1) is 5.11 Å². The first-order valence-electron chi connectivity index (χ1n) is 9.04. The van der Waals surface area contributed by atoms with E-state index in [0.29, 0.717) is 11.4 Å². The molecule has 0 fully saturated rings. The Hall–Kier alpha value is -2.48. The smallest absolute Gasteiger partial charge is 0.301 e. The van der Waals surface area contributed by atoms with Crippen molar-refractivity contribution in [2.75, 3.05) is 5.32 Å². The van der Waals surface area contributed by atoms with E-state index in [-0.39, 0.29) is 42.3 Å². The summed E-state index contributed by atoms with van der Waals surface area (Å²) in [4.78, 5) is 13.3. The number of hydrogen-bond donors (Lipinski definition) is 2. The van der Waals surface area contributed by atoms with Crippen LogP contribution in [0.4, 0.5) is 22.9 Å². The lowest BCUT2D eigenvalue weighted by Crippen LogP contribution is -2.15. The summed E-state index contributed by atoms with van der Waals surface area (Å²) in [6.07, 6.45) is 0. The minimum Gasteiger partial charge on any atom is -0.339 e. The minimum atomic E-state index is -0.582. The van der Waals surface area contributed by atoms with Crippen LogP contribution >= 0.6 is 58.0 Å². The van der Waals surface area contributed by atoms with Crippen molar-refractivity contribution in [3.05, 3.63) is 96.1 Å². The number of hydrogen-bond acceptors (Lipinski definition) is 4. The Morgan fingerprint density at radius 2 is 1.25 bits per heavy atom. The van der Waals surface area contributed by atoms with Crippen LogP contribution in [0, 0.1) is 0 Å². The molecule has 2 N–H and O–H groups in total. The Morgan fingerprint density at radius 3 is 1.84 bits per heavy atom. The summed E-state index contributed by atoms with van der Waals surface area (Å²) in [7, 11) is 0. The molecule has 32 heavy (non-hydrogen) atoms. The van der Waals surface area contributed by atoms with E-state index in [0.717, 1.165) is 4.68 Å². The molecule has 1 aromatic heterocycles. The fraction of sp³-hybridized carbons (Fsp3) is 0. The van der Waals surface area contributed by atoms with Crippen LogP contribution < -0.4 is 10.9 Å². The molecule has 0 saturated carbocycles. The molecule has 0 aliphatic heterocycles. The highest BCUT2D eigenvalue weighted by atomic mass is 35.5. The molecule has 0 atom stereocenters. The van der Waals surface area contributed by atoms with Gasteiger partial charge < -0.3 is 5.32 Å². The average Bonchev–Trinajstić information content (AvgIpc) is 3.11. The Labute approximate surface area is 207 Å². The van der Waals surface area contributed by atoms with Crippen molar-refractivity contribution in [1.29, 1.82) is 0 Å². The first-order chi connectivity index (χ1) is 15.4.